The molecule has 2 rings (SSSR count). The molecule has 0 radical (unpaired) electrons. The number of halogens is 1. The van der Waals surface area contributed by atoms with Crippen LogP contribution in [0.15, 0.2) is 45.7 Å². The standard InChI is InChI=1S/C14H15BrN2O2/c1-10(2)17(9-11-4-3-7-16-8-11)14(18)12-5-6-13(15)19-12/h3-8,10H,9H2,1-2H3. The van der Waals surface area contributed by atoms with Crippen LogP contribution in [0.25, 0.3) is 0 Å². The molecule has 4 nitrogen and oxygen atoms in total. The van der Waals surface area contributed by atoms with Crippen molar-refractivity contribution in [3.63, 3.8) is 0 Å². The van der Waals surface area contributed by atoms with E-state index >= 15 is 0 Å². The first kappa shape index (κ1) is 13.8. The molecule has 0 saturated carbocycles. The summed E-state index contributed by atoms with van der Waals surface area (Å²) in [6.45, 7) is 4.47. The summed E-state index contributed by atoms with van der Waals surface area (Å²) in [6, 6.07) is 7.28. The van der Waals surface area contributed by atoms with E-state index in [1.54, 1.807) is 29.4 Å². The van der Waals surface area contributed by atoms with Crippen molar-refractivity contribution in [2.75, 3.05) is 0 Å². The van der Waals surface area contributed by atoms with Crippen LogP contribution in [0.5, 0.6) is 0 Å². The average molecular weight is 323 g/mol. The number of rotatable bonds is 4. The normalized spacial score (nSPS) is 10.7. The largest absolute Gasteiger partial charge is 0.444 e. The second-order valence-electron chi connectivity index (χ2n) is 4.49. The fourth-order valence-electron chi connectivity index (χ4n) is 1.75. The Morgan fingerprint density at radius 1 is 1.42 bits per heavy atom. The number of carbonyl (C=O) groups is 1. The summed E-state index contributed by atoms with van der Waals surface area (Å²) >= 11 is 3.21. The van der Waals surface area contributed by atoms with E-state index in [9.17, 15) is 4.79 Å². The maximum atomic E-state index is 12.4. The second-order valence-corrected chi connectivity index (χ2v) is 5.27. The van der Waals surface area contributed by atoms with E-state index < -0.39 is 0 Å². The molecule has 0 aliphatic carbocycles. The molecule has 5 heteroatoms. The average Bonchev–Trinajstić information content (AvgIpc) is 2.83. The lowest BCUT2D eigenvalue weighted by molar-refractivity contribution is 0.0656. The summed E-state index contributed by atoms with van der Waals surface area (Å²) in [6.07, 6.45) is 3.48. The fourth-order valence-corrected chi connectivity index (χ4v) is 2.05. The summed E-state index contributed by atoms with van der Waals surface area (Å²) in [7, 11) is 0. The zero-order valence-corrected chi connectivity index (χ0v) is 12.4. The molecule has 2 aromatic heterocycles. The monoisotopic (exact) mass is 322 g/mol. The van der Waals surface area contributed by atoms with Crippen LogP contribution >= 0.6 is 15.9 Å². The number of hydrogen-bond acceptors (Lipinski definition) is 3. The number of hydrogen-bond donors (Lipinski definition) is 0. The van der Waals surface area contributed by atoms with Crippen LogP contribution in [-0.2, 0) is 6.54 Å². The first-order valence-electron chi connectivity index (χ1n) is 6.03. The smallest absolute Gasteiger partial charge is 0.290 e. The van der Waals surface area contributed by atoms with E-state index in [-0.39, 0.29) is 11.9 Å². The molecule has 0 spiro atoms. The molecular formula is C14H15BrN2O2. The van der Waals surface area contributed by atoms with Gasteiger partial charge in [-0.3, -0.25) is 9.78 Å². The summed E-state index contributed by atoms with van der Waals surface area (Å²) in [5, 5.41) is 0. The first-order chi connectivity index (χ1) is 9.08. The molecule has 0 aliphatic rings. The number of nitrogens with zero attached hydrogens (tertiary/aromatic N) is 2. The molecule has 2 aromatic rings. The number of aromatic nitrogens is 1. The summed E-state index contributed by atoms with van der Waals surface area (Å²) in [5.74, 6) is 0.217. The van der Waals surface area contributed by atoms with Crippen LogP contribution in [0, 0.1) is 0 Å². The molecule has 1 amide bonds. The Morgan fingerprint density at radius 3 is 2.74 bits per heavy atom. The molecular weight excluding hydrogens is 308 g/mol. The minimum atomic E-state index is -0.121. The first-order valence-corrected chi connectivity index (χ1v) is 6.82. The van der Waals surface area contributed by atoms with E-state index in [2.05, 4.69) is 20.9 Å². The molecule has 0 N–H and O–H groups in total. The molecule has 2 heterocycles. The van der Waals surface area contributed by atoms with Crippen molar-refractivity contribution in [3.05, 3.63) is 52.7 Å². The zero-order chi connectivity index (χ0) is 13.8. The number of amides is 1. The Kier molecular flexibility index (Phi) is 4.37. The molecule has 100 valence electrons. The highest BCUT2D eigenvalue weighted by Crippen LogP contribution is 2.18. The fraction of sp³-hybridized carbons (Fsp3) is 0.286. The maximum Gasteiger partial charge on any atom is 0.290 e. The van der Waals surface area contributed by atoms with E-state index in [1.165, 1.54) is 0 Å². The van der Waals surface area contributed by atoms with Crippen molar-refractivity contribution in [3.8, 4) is 0 Å². The van der Waals surface area contributed by atoms with Crippen molar-refractivity contribution in [1.82, 2.24) is 9.88 Å². The summed E-state index contributed by atoms with van der Waals surface area (Å²) in [5.41, 5.74) is 0.996. The van der Waals surface area contributed by atoms with Gasteiger partial charge in [0.25, 0.3) is 5.91 Å². The highest BCUT2D eigenvalue weighted by atomic mass is 79.9. The van der Waals surface area contributed by atoms with Crippen molar-refractivity contribution in [1.29, 1.82) is 0 Å². The molecule has 0 saturated heterocycles. The highest BCUT2D eigenvalue weighted by Gasteiger charge is 2.21. The molecule has 19 heavy (non-hydrogen) atoms. The van der Waals surface area contributed by atoms with Crippen LogP contribution in [0.1, 0.15) is 30.0 Å². The van der Waals surface area contributed by atoms with E-state index in [4.69, 9.17) is 4.42 Å². The topological polar surface area (TPSA) is 46.3 Å². The van der Waals surface area contributed by atoms with Gasteiger partial charge < -0.3 is 9.32 Å². The lowest BCUT2D eigenvalue weighted by atomic mass is 10.2. The lowest BCUT2D eigenvalue weighted by Gasteiger charge is -2.25. The second kappa shape index (κ2) is 6.02. The van der Waals surface area contributed by atoms with Gasteiger partial charge in [0.1, 0.15) is 0 Å². The molecule has 0 fully saturated rings. The van der Waals surface area contributed by atoms with Gasteiger partial charge in [0.2, 0.25) is 0 Å². The predicted octanol–water partition coefficient (Wildman–Crippen LogP) is 3.49. The highest BCUT2D eigenvalue weighted by molar-refractivity contribution is 9.10. The van der Waals surface area contributed by atoms with Crippen LogP contribution < -0.4 is 0 Å². The van der Waals surface area contributed by atoms with Gasteiger partial charge in [0.05, 0.1) is 0 Å². The van der Waals surface area contributed by atoms with Gasteiger partial charge in [-0.15, -0.1) is 0 Å². The SMILES string of the molecule is CC(C)N(Cc1cccnc1)C(=O)c1ccc(Br)o1. The van der Waals surface area contributed by atoms with Gasteiger partial charge in [-0.05, 0) is 53.5 Å². The van der Waals surface area contributed by atoms with Gasteiger partial charge in [-0.25, -0.2) is 0 Å². The lowest BCUT2D eigenvalue weighted by Crippen LogP contribution is -2.36. The van der Waals surface area contributed by atoms with Crippen LogP contribution in [-0.4, -0.2) is 21.8 Å². The van der Waals surface area contributed by atoms with Gasteiger partial charge in [-0.1, -0.05) is 6.07 Å². The van der Waals surface area contributed by atoms with E-state index in [0.29, 0.717) is 17.0 Å². The van der Waals surface area contributed by atoms with Gasteiger partial charge in [0, 0.05) is 25.0 Å². The van der Waals surface area contributed by atoms with Crippen LogP contribution in [0.3, 0.4) is 0 Å². The summed E-state index contributed by atoms with van der Waals surface area (Å²) in [4.78, 5) is 18.2. The predicted molar refractivity (Wildman–Crippen MR) is 75.7 cm³/mol. The minimum Gasteiger partial charge on any atom is -0.444 e. The third kappa shape index (κ3) is 3.44. The molecule has 0 atom stereocenters. The maximum absolute atomic E-state index is 12.4. The van der Waals surface area contributed by atoms with Gasteiger partial charge >= 0.3 is 0 Å². The Morgan fingerprint density at radius 2 is 2.21 bits per heavy atom. The van der Waals surface area contributed by atoms with Gasteiger partial charge in [0.15, 0.2) is 10.4 Å². The van der Waals surface area contributed by atoms with Crippen LogP contribution in [0.2, 0.25) is 0 Å². The van der Waals surface area contributed by atoms with Crippen molar-refractivity contribution >= 4 is 21.8 Å². The quantitative estimate of drug-likeness (QED) is 0.865. The number of pyridine rings is 1. The van der Waals surface area contributed by atoms with Gasteiger partial charge in [-0.2, -0.15) is 0 Å². The molecule has 0 aliphatic heterocycles. The van der Waals surface area contributed by atoms with Crippen molar-refractivity contribution in [2.24, 2.45) is 0 Å². The molecule has 0 unspecified atom stereocenters. The van der Waals surface area contributed by atoms with E-state index in [0.717, 1.165) is 5.56 Å². The third-order valence-electron chi connectivity index (χ3n) is 2.74. The van der Waals surface area contributed by atoms with Crippen molar-refractivity contribution < 1.29 is 9.21 Å². The Labute approximate surface area is 120 Å². The Balaban J connectivity index is 2.19. The Bertz CT molecular complexity index is 552. The van der Waals surface area contributed by atoms with E-state index in [1.807, 2.05) is 26.0 Å². The minimum absolute atomic E-state index is 0.0802. The number of carbonyl (C=O) groups excluding carboxylic acids is 1. The summed E-state index contributed by atoms with van der Waals surface area (Å²) < 4.78 is 5.88. The van der Waals surface area contributed by atoms with Crippen LogP contribution in [0.4, 0.5) is 0 Å². The zero-order valence-electron chi connectivity index (χ0n) is 10.8. The third-order valence-corrected chi connectivity index (χ3v) is 3.17. The molecule has 0 aromatic carbocycles. The Hall–Kier alpha value is -1.62. The van der Waals surface area contributed by atoms with Crippen molar-refractivity contribution in [2.45, 2.75) is 26.4 Å². The molecule has 0 bridgehead atoms. The number of furan rings is 1.